The third-order valence-electron chi connectivity index (χ3n) is 1.70. The van der Waals surface area contributed by atoms with Crippen molar-refractivity contribution in [1.29, 1.82) is 0 Å². The summed E-state index contributed by atoms with van der Waals surface area (Å²) in [6.45, 7) is 0.819. The van der Waals surface area contributed by atoms with Crippen molar-refractivity contribution in [3.8, 4) is 0 Å². The number of hydrogen-bond acceptors (Lipinski definition) is 2. The van der Waals surface area contributed by atoms with Gasteiger partial charge in [0.15, 0.2) is 0 Å². The van der Waals surface area contributed by atoms with Crippen molar-refractivity contribution in [2.75, 3.05) is 13.6 Å². The highest BCUT2D eigenvalue weighted by Gasteiger charge is 2.19. The van der Waals surface area contributed by atoms with Gasteiger partial charge in [0.05, 0.1) is 0 Å². The van der Waals surface area contributed by atoms with E-state index in [0.29, 0.717) is 6.42 Å². The average Bonchev–Trinajstić information content (AvgIpc) is 1.80. The first-order valence-electron chi connectivity index (χ1n) is 3.19. The fraction of sp³-hybridized carbons (Fsp3) is 0.833. The standard InChI is InChI=1S/C6H12N2O/c1-8-3-2-5(7)4-6(8)9/h5H,2-4,7H2,1H3/t5-/m0/s1. The molecule has 0 aromatic rings. The van der Waals surface area contributed by atoms with Gasteiger partial charge in [0.2, 0.25) is 5.91 Å². The molecule has 0 aromatic heterocycles. The Morgan fingerprint density at radius 1 is 1.78 bits per heavy atom. The molecular formula is C6H12N2O. The monoisotopic (exact) mass is 128 g/mol. The van der Waals surface area contributed by atoms with Crippen molar-refractivity contribution < 1.29 is 4.79 Å². The van der Waals surface area contributed by atoms with Crippen molar-refractivity contribution in [3.63, 3.8) is 0 Å². The molecule has 52 valence electrons. The molecule has 1 amide bonds. The van der Waals surface area contributed by atoms with Crippen LogP contribution in [0.3, 0.4) is 0 Å². The molecule has 9 heavy (non-hydrogen) atoms. The third kappa shape index (κ3) is 1.42. The molecular weight excluding hydrogens is 116 g/mol. The van der Waals surface area contributed by atoms with Gasteiger partial charge >= 0.3 is 0 Å². The Balaban J connectivity index is 2.44. The van der Waals surface area contributed by atoms with E-state index in [-0.39, 0.29) is 11.9 Å². The van der Waals surface area contributed by atoms with E-state index in [4.69, 9.17) is 5.73 Å². The van der Waals surface area contributed by atoms with Crippen LogP contribution in [-0.2, 0) is 4.79 Å². The maximum atomic E-state index is 10.9. The molecule has 1 rings (SSSR count). The van der Waals surface area contributed by atoms with Gasteiger partial charge in [0, 0.05) is 26.1 Å². The lowest BCUT2D eigenvalue weighted by Gasteiger charge is -2.25. The van der Waals surface area contributed by atoms with Gasteiger partial charge in [-0.15, -0.1) is 0 Å². The van der Waals surface area contributed by atoms with Crippen LogP contribution in [0.4, 0.5) is 0 Å². The lowest BCUT2D eigenvalue weighted by atomic mass is 10.1. The van der Waals surface area contributed by atoms with Crippen molar-refractivity contribution >= 4 is 5.91 Å². The number of carbonyl (C=O) groups is 1. The highest BCUT2D eigenvalue weighted by Crippen LogP contribution is 2.06. The number of nitrogens with zero attached hydrogens (tertiary/aromatic N) is 1. The summed E-state index contributed by atoms with van der Waals surface area (Å²) in [5.74, 6) is 0.175. The van der Waals surface area contributed by atoms with Gasteiger partial charge in [-0.3, -0.25) is 4.79 Å². The maximum Gasteiger partial charge on any atom is 0.223 e. The zero-order valence-electron chi connectivity index (χ0n) is 5.63. The summed E-state index contributed by atoms with van der Waals surface area (Å²) in [5, 5.41) is 0. The maximum absolute atomic E-state index is 10.9. The van der Waals surface area contributed by atoms with E-state index in [0.717, 1.165) is 13.0 Å². The topological polar surface area (TPSA) is 46.3 Å². The van der Waals surface area contributed by atoms with Crippen LogP contribution in [0.25, 0.3) is 0 Å². The minimum absolute atomic E-state index is 0.105. The molecule has 0 unspecified atom stereocenters. The molecule has 1 saturated heterocycles. The second kappa shape index (κ2) is 2.35. The third-order valence-corrected chi connectivity index (χ3v) is 1.70. The van der Waals surface area contributed by atoms with Gasteiger partial charge in [-0.25, -0.2) is 0 Å². The second-order valence-corrected chi connectivity index (χ2v) is 2.57. The lowest BCUT2D eigenvalue weighted by molar-refractivity contribution is -0.132. The molecule has 2 N–H and O–H groups in total. The molecule has 3 nitrogen and oxygen atoms in total. The Bertz CT molecular complexity index is 124. The molecule has 1 aliphatic rings. The fourth-order valence-corrected chi connectivity index (χ4v) is 0.966. The quantitative estimate of drug-likeness (QED) is 0.481. The van der Waals surface area contributed by atoms with Gasteiger partial charge in [0.25, 0.3) is 0 Å². The number of likely N-dealkylation sites (tertiary alicyclic amines) is 1. The SMILES string of the molecule is CN1CC[C@H](N)CC1=O. The summed E-state index contributed by atoms with van der Waals surface area (Å²) in [7, 11) is 1.81. The number of nitrogens with two attached hydrogens (primary N) is 1. The minimum Gasteiger partial charge on any atom is -0.346 e. The Morgan fingerprint density at radius 3 is 2.89 bits per heavy atom. The predicted octanol–water partition coefficient (Wildman–Crippen LogP) is -0.434. The molecule has 1 aliphatic heterocycles. The number of rotatable bonds is 0. The summed E-state index contributed by atoms with van der Waals surface area (Å²) in [6, 6.07) is 0.105. The highest BCUT2D eigenvalue weighted by molar-refractivity contribution is 5.77. The smallest absolute Gasteiger partial charge is 0.223 e. The van der Waals surface area contributed by atoms with E-state index in [9.17, 15) is 4.79 Å². The summed E-state index contributed by atoms with van der Waals surface area (Å²) >= 11 is 0. The molecule has 3 heteroatoms. The first-order chi connectivity index (χ1) is 4.20. The molecule has 0 aromatic carbocycles. The summed E-state index contributed by atoms with van der Waals surface area (Å²) in [5.41, 5.74) is 5.54. The van der Waals surface area contributed by atoms with Crippen LogP contribution in [0.15, 0.2) is 0 Å². The zero-order chi connectivity index (χ0) is 6.85. The van der Waals surface area contributed by atoms with Crippen LogP contribution in [0.2, 0.25) is 0 Å². The molecule has 0 bridgehead atoms. The normalized spacial score (nSPS) is 28.9. The molecule has 0 aliphatic carbocycles. The van der Waals surface area contributed by atoms with Gasteiger partial charge in [-0.05, 0) is 6.42 Å². The van der Waals surface area contributed by atoms with Crippen LogP contribution in [0.1, 0.15) is 12.8 Å². The Hall–Kier alpha value is -0.570. The molecule has 0 spiro atoms. The molecule has 0 saturated carbocycles. The number of carbonyl (C=O) groups excluding carboxylic acids is 1. The van der Waals surface area contributed by atoms with Crippen LogP contribution >= 0.6 is 0 Å². The zero-order valence-corrected chi connectivity index (χ0v) is 5.63. The minimum atomic E-state index is 0.105. The summed E-state index contributed by atoms with van der Waals surface area (Å²) in [6.07, 6.45) is 1.47. The summed E-state index contributed by atoms with van der Waals surface area (Å²) < 4.78 is 0. The first-order valence-corrected chi connectivity index (χ1v) is 3.19. The Labute approximate surface area is 54.8 Å². The average molecular weight is 128 g/mol. The number of hydrogen-bond donors (Lipinski definition) is 1. The number of piperidine rings is 1. The van der Waals surface area contributed by atoms with E-state index in [1.165, 1.54) is 0 Å². The lowest BCUT2D eigenvalue weighted by Crippen LogP contribution is -2.41. The van der Waals surface area contributed by atoms with E-state index in [2.05, 4.69) is 0 Å². The van der Waals surface area contributed by atoms with Crippen LogP contribution in [0.5, 0.6) is 0 Å². The van der Waals surface area contributed by atoms with Gasteiger partial charge in [-0.1, -0.05) is 0 Å². The van der Waals surface area contributed by atoms with Crippen molar-refractivity contribution in [2.45, 2.75) is 18.9 Å². The highest BCUT2D eigenvalue weighted by atomic mass is 16.2. The van der Waals surface area contributed by atoms with Crippen molar-refractivity contribution in [2.24, 2.45) is 5.73 Å². The Morgan fingerprint density at radius 2 is 2.44 bits per heavy atom. The first kappa shape index (κ1) is 6.55. The van der Waals surface area contributed by atoms with E-state index in [1.807, 2.05) is 7.05 Å². The van der Waals surface area contributed by atoms with Crippen molar-refractivity contribution in [3.05, 3.63) is 0 Å². The predicted molar refractivity (Wildman–Crippen MR) is 34.8 cm³/mol. The largest absolute Gasteiger partial charge is 0.346 e. The molecule has 0 radical (unpaired) electrons. The van der Waals surface area contributed by atoms with Gasteiger partial charge < -0.3 is 10.6 Å². The fourth-order valence-electron chi connectivity index (χ4n) is 0.966. The summed E-state index contributed by atoms with van der Waals surface area (Å²) in [4.78, 5) is 12.6. The molecule has 1 fully saturated rings. The van der Waals surface area contributed by atoms with Crippen molar-refractivity contribution in [1.82, 2.24) is 4.90 Å². The van der Waals surface area contributed by atoms with E-state index in [1.54, 1.807) is 4.90 Å². The molecule has 1 atom stereocenters. The molecule has 1 heterocycles. The van der Waals surface area contributed by atoms with E-state index >= 15 is 0 Å². The van der Waals surface area contributed by atoms with Gasteiger partial charge in [-0.2, -0.15) is 0 Å². The van der Waals surface area contributed by atoms with Gasteiger partial charge in [0.1, 0.15) is 0 Å². The second-order valence-electron chi connectivity index (χ2n) is 2.57. The van der Waals surface area contributed by atoms with Crippen LogP contribution in [0, 0.1) is 0 Å². The van der Waals surface area contributed by atoms with Crippen LogP contribution in [-0.4, -0.2) is 30.4 Å². The Kier molecular flexibility index (Phi) is 1.71. The van der Waals surface area contributed by atoms with Crippen LogP contribution < -0.4 is 5.73 Å². The number of amides is 1. The van der Waals surface area contributed by atoms with E-state index < -0.39 is 0 Å².